The standard InChI is InChI=1S/C18H24ClNO4/c1-18(2,3)24-17(23)20-11-5-4-6-14(20)15(16(21)22)12-7-9-13(19)10-8-12/h7-10,14-15H,4-6,11H2,1-3H3,(H,21,22). The lowest BCUT2D eigenvalue weighted by Gasteiger charge is -2.39. The van der Waals surface area contributed by atoms with Crippen LogP contribution in [-0.2, 0) is 9.53 Å². The Morgan fingerprint density at radius 1 is 1.25 bits per heavy atom. The maximum Gasteiger partial charge on any atom is 0.410 e. The van der Waals surface area contributed by atoms with Gasteiger partial charge in [-0.25, -0.2) is 4.79 Å². The van der Waals surface area contributed by atoms with Gasteiger partial charge in [0, 0.05) is 11.6 Å². The van der Waals surface area contributed by atoms with Crippen LogP contribution < -0.4 is 0 Å². The lowest BCUT2D eigenvalue weighted by molar-refractivity contribution is -0.140. The van der Waals surface area contributed by atoms with Gasteiger partial charge in [0.25, 0.3) is 0 Å². The summed E-state index contributed by atoms with van der Waals surface area (Å²) in [7, 11) is 0. The van der Waals surface area contributed by atoms with Crippen LogP contribution in [0.4, 0.5) is 4.79 Å². The van der Waals surface area contributed by atoms with E-state index in [1.807, 2.05) is 0 Å². The number of ether oxygens (including phenoxy) is 1. The molecule has 1 saturated heterocycles. The number of halogens is 1. The Kier molecular flexibility index (Phi) is 5.75. The van der Waals surface area contributed by atoms with Crippen molar-refractivity contribution in [3.05, 3.63) is 34.9 Å². The molecule has 24 heavy (non-hydrogen) atoms. The second kappa shape index (κ2) is 7.43. The summed E-state index contributed by atoms with van der Waals surface area (Å²) in [6.45, 7) is 5.92. The number of hydrogen-bond donors (Lipinski definition) is 1. The highest BCUT2D eigenvalue weighted by atomic mass is 35.5. The lowest BCUT2D eigenvalue weighted by atomic mass is 9.85. The maximum absolute atomic E-state index is 12.5. The molecule has 1 aliphatic rings. The lowest BCUT2D eigenvalue weighted by Crippen LogP contribution is -2.50. The molecule has 1 aromatic rings. The Hall–Kier alpha value is -1.75. The van der Waals surface area contributed by atoms with Crippen molar-refractivity contribution >= 4 is 23.7 Å². The van der Waals surface area contributed by atoms with Crippen molar-refractivity contribution in [2.45, 2.75) is 57.6 Å². The van der Waals surface area contributed by atoms with Crippen LogP contribution in [-0.4, -0.2) is 40.3 Å². The largest absolute Gasteiger partial charge is 0.481 e. The van der Waals surface area contributed by atoms with E-state index in [1.54, 1.807) is 49.9 Å². The molecular weight excluding hydrogens is 330 g/mol. The van der Waals surface area contributed by atoms with Gasteiger partial charge in [0.2, 0.25) is 0 Å². The predicted octanol–water partition coefficient (Wildman–Crippen LogP) is 4.30. The molecule has 0 bridgehead atoms. The summed E-state index contributed by atoms with van der Waals surface area (Å²) in [5.41, 5.74) is 0.0327. The molecule has 2 rings (SSSR count). The van der Waals surface area contributed by atoms with Crippen molar-refractivity contribution in [3.8, 4) is 0 Å². The minimum atomic E-state index is -0.946. The van der Waals surface area contributed by atoms with Crippen molar-refractivity contribution in [2.75, 3.05) is 6.54 Å². The molecule has 2 unspecified atom stereocenters. The van der Waals surface area contributed by atoms with E-state index < -0.39 is 29.6 Å². The molecule has 0 aromatic heterocycles. The van der Waals surface area contributed by atoms with Gasteiger partial charge in [0.05, 0.1) is 6.04 Å². The molecule has 1 amide bonds. The Morgan fingerprint density at radius 2 is 1.88 bits per heavy atom. The average Bonchev–Trinajstić information content (AvgIpc) is 2.48. The second-order valence-electron chi connectivity index (χ2n) is 7.10. The van der Waals surface area contributed by atoms with Gasteiger partial charge in [-0.05, 0) is 57.7 Å². The highest BCUT2D eigenvalue weighted by Gasteiger charge is 2.39. The molecule has 1 aliphatic heterocycles. The number of carboxylic acid groups (broad SMARTS) is 1. The zero-order valence-electron chi connectivity index (χ0n) is 14.3. The molecule has 0 radical (unpaired) electrons. The summed E-state index contributed by atoms with van der Waals surface area (Å²) >= 11 is 5.90. The summed E-state index contributed by atoms with van der Waals surface area (Å²) in [6, 6.07) is 6.35. The van der Waals surface area contributed by atoms with Gasteiger partial charge in [0.15, 0.2) is 0 Å². The molecule has 132 valence electrons. The van der Waals surface area contributed by atoms with Gasteiger partial charge < -0.3 is 14.7 Å². The number of carbonyl (C=O) groups is 2. The minimum Gasteiger partial charge on any atom is -0.481 e. The third-order valence-corrected chi connectivity index (χ3v) is 4.31. The summed E-state index contributed by atoms with van der Waals surface area (Å²) in [5.74, 6) is -1.74. The van der Waals surface area contributed by atoms with E-state index in [0.29, 0.717) is 23.6 Å². The molecular formula is C18H24ClNO4. The summed E-state index contributed by atoms with van der Waals surface area (Å²) in [5, 5.41) is 10.3. The van der Waals surface area contributed by atoms with Crippen molar-refractivity contribution in [2.24, 2.45) is 0 Å². The third-order valence-electron chi connectivity index (χ3n) is 4.06. The fourth-order valence-electron chi connectivity index (χ4n) is 3.05. The normalized spacial score (nSPS) is 19.7. The number of rotatable bonds is 3. The zero-order valence-corrected chi connectivity index (χ0v) is 15.0. The first kappa shape index (κ1) is 18.6. The summed E-state index contributed by atoms with van der Waals surface area (Å²) in [6.07, 6.45) is 1.93. The molecule has 2 atom stereocenters. The minimum absolute atomic E-state index is 0.424. The number of piperidine rings is 1. The number of carboxylic acids is 1. The first-order valence-electron chi connectivity index (χ1n) is 8.17. The molecule has 6 heteroatoms. The van der Waals surface area contributed by atoms with E-state index in [2.05, 4.69) is 0 Å². The fourth-order valence-corrected chi connectivity index (χ4v) is 3.18. The van der Waals surface area contributed by atoms with Gasteiger partial charge in [-0.2, -0.15) is 0 Å². The summed E-state index contributed by atoms with van der Waals surface area (Å²) in [4.78, 5) is 26.0. The third kappa shape index (κ3) is 4.63. The highest BCUT2D eigenvalue weighted by molar-refractivity contribution is 6.30. The number of hydrogen-bond acceptors (Lipinski definition) is 3. The smallest absolute Gasteiger partial charge is 0.410 e. The van der Waals surface area contributed by atoms with Crippen LogP contribution in [0.5, 0.6) is 0 Å². The molecule has 1 heterocycles. The molecule has 0 saturated carbocycles. The van der Waals surface area contributed by atoms with Crippen LogP contribution in [0.15, 0.2) is 24.3 Å². The van der Waals surface area contributed by atoms with Crippen molar-refractivity contribution in [1.29, 1.82) is 0 Å². The van der Waals surface area contributed by atoms with E-state index in [9.17, 15) is 14.7 Å². The molecule has 0 spiro atoms. The van der Waals surface area contributed by atoms with E-state index in [-0.39, 0.29) is 0 Å². The molecule has 5 nitrogen and oxygen atoms in total. The van der Waals surface area contributed by atoms with Crippen LogP contribution >= 0.6 is 11.6 Å². The van der Waals surface area contributed by atoms with E-state index in [1.165, 1.54) is 0 Å². The Bertz CT molecular complexity index is 594. The first-order valence-corrected chi connectivity index (χ1v) is 8.55. The molecule has 1 fully saturated rings. The molecule has 1 N–H and O–H groups in total. The fraction of sp³-hybridized carbons (Fsp3) is 0.556. The van der Waals surface area contributed by atoms with Crippen LogP contribution in [0.25, 0.3) is 0 Å². The van der Waals surface area contributed by atoms with E-state index in [0.717, 1.165) is 12.8 Å². The van der Waals surface area contributed by atoms with Crippen molar-refractivity contribution in [1.82, 2.24) is 4.90 Å². The van der Waals surface area contributed by atoms with E-state index in [4.69, 9.17) is 16.3 Å². The number of nitrogens with zero attached hydrogens (tertiary/aromatic N) is 1. The van der Waals surface area contributed by atoms with Gasteiger partial charge >= 0.3 is 12.1 Å². The number of benzene rings is 1. The molecule has 0 aliphatic carbocycles. The van der Waals surface area contributed by atoms with Crippen molar-refractivity contribution < 1.29 is 19.4 Å². The SMILES string of the molecule is CC(C)(C)OC(=O)N1CCCCC1C(C(=O)O)c1ccc(Cl)cc1. The van der Waals surface area contributed by atoms with Gasteiger partial charge in [-0.15, -0.1) is 0 Å². The van der Waals surface area contributed by atoms with Crippen LogP contribution in [0.1, 0.15) is 51.5 Å². The quantitative estimate of drug-likeness (QED) is 0.879. The molecule has 1 aromatic carbocycles. The Balaban J connectivity index is 2.30. The number of likely N-dealkylation sites (tertiary alicyclic amines) is 1. The number of aliphatic carboxylic acids is 1. The van der Waals surface area contributed by atoms with Crippen molar-refractivity contribution in [3.63, 3.8) is 0 Å². The predicted molar refractivity (Wildman–Crippen MR) is 92.4 cm³/mol. The monoisotopic (exact) mass is 353 g/mol. The Morgan fingerprint density at radius 3 is 2.42 bits per heavy atom. The second-order valence-corrected chi connectivity index (χ2v) is 7.54. The van der Waals surface area contributed by atoms with Gasteiger partial charge in [-0.3, -0.25) is 4.79 Å². The van der Waals surface area contributed by atoms with Gasteiger partial charge in [-0.1, -0.05) is 23.7 Å². The average molecular weight is 354 g/mol. The Labute approximate surface area is 147 Å². The number of carbonyl (C=O) groups excluding carboxylic acids is 1. The van der Waals surface area contributed by atoms with Crippen LogP contribution in [0.3, 0.4) is 0 Å². The highest BCUT2D eigenvalue weighted by Crippen LogP contribution is 2.32. The van der Waals surface area contributed by atoms with Gasteiger partial charge in [0.1, 0.15) is 11.5 Å². The van der Waals surface area contributed by atoms with Crippen LogP contribution in [0.2, 0.25) is 5.02 Å². The summed E-state index contributed by atoms with van der Waals surface area (Å²) < 4.78 is 5.47. The number of amides is 1. The van der Waals surface area contributed by atoms with Crippen LogP contribution in [0, 0.1) is 0 Å². The van der Waals surface area contributed by atoms with E-state index >= 15 is 0 Å². The maximum atomic E-state index is 12.5. The topological polar surface area (TPSA) is 66.8 Å². The first-order chi connectivity index (χ1) is 11.2. The zero-order chi connectivity index (χ0) is 17.9.